The molecule has 31 heavy (non-hydrogen) atoms. The molecule has 0 aliphatic carbocycles. The number of rotatable bonds is 6. The Bertz CT molecular complexity index is 1310. The second kappa shape index (κ2) is 8.33. The molecule has 0 aliphatic rings. The lowest BCUT2D eigenvalue weighted by Gasteiger charge is -2.10. The summed E-state index contributed by atoms with van der Waals surface area (Å²) in [6, 6.07) is 17.5. The summed E-state index contributed by atoms with van der Waals surface area (Å²) in [5, 5.41) is 14.0. The molecule has 5 aromatic rings. The summed E-state index contributed by atoms with van der Waals surface area (Å²) in [7, 11) is 0. The first kappa shape index (κ1) is 18.9. The number of nitrogens with one attached hydrogen (secondary N) is 1. The second-order valence-corrected chi connectivity index (χ2v) is 7.61. The first-order valence-electron chi connectivity index (χ1n) is 9.54. The van der Waals surface area contributed by atoms with Crippen LogP contribution in [0.1, 0.15) is 16.1 Å². The average molecular weight is 427 g/mol. The molecule has 152 valence electrons. The van der Waals surface area contributed by atoms with Crippen LogP contribution < -0.4 is 5.32 Å². The normalized spacial score (nSPS) is 10.8. The van der Waals surface area contributed by atoms with Gasteiger partial charge in [0.15, 0.2) is 0 Å². The van der Waals surface area contributed by atoms with E-state index in [4.69, 9.17) is 0 Å². The summed E-state index contributed by atoms with van der Waals surface area (Å²) >= 11 is 1.41. The molecule has 8 nitrogen and oxygen atoms in total. The van der Waals surface area contributed by atoms with Gasteiger partial charge in [0.25, 0.3) is 5.91 Å². The van der Waals surface area contributed by atoms with E-state index in [0.29, 0.717) is 12.2 Å². The molecule has 5 rings (SSSR count). The van der Waals surface area contributed by atoms with Gasteiger partial charge in [0.05, 0.1) is 18.4 Å². The Labute approximate surface area is 181 Å². The van der Waals surface area contributed by atoms with Crippen LogP contribution >= 0.6 is 11.3 Å². The number of carbonyl (C=O) groups is 1. The van der Waals surface area contributed by atoms with Crippen LogP contribution in [0.25, 0.3) is 16.3 Å². The van der Waals surface area contributed by atoms with Crippen molar-refractivity contribution < 1.29 is 4.79 Å². The van der Waals surface area contributed by atoms with Gasteiger partial charge in [-0.1, -0.05) is 36.4 Å². The third-order valence-corrected chi connectivity index (χ3v) is 5.54. The van der Waals surface area contributed by atoms with Crippen LogP contribution in [0.15, 0.2) is 85.0 Å². The first-order chi connectivity index (χ1) is 15.3. The Kier molecular flexibility index (Phi) is 5.07. The van der Waals surface area contributed by atoms with E-state index in [1.54, 1.807) is 27.3 Å². The number of benzene rings is 2. The highest BCUT2D eigenvalue weighted by molar-refractivity contribution is 7.13. The SMILES string of the molecule is O=C(Nc1ccccc1Cn1cncn1)c1csc(-c2cnn(-c3ccccc3)c2)n1. The van der Waals surface area contributed by atoms with Gasteiger partial charge in [0.2, 0.25) is 0 Å². The van der Waals surface area contributed by atoms with Crippen LogP contribution in [0.5, 0.6) is 0 Å². The minimum absolute atomic E-state index is 0.260. The van der Waals surface area contributed by atoms with Crippen molar-refractivity contribution in [3.63, 3.8) is 0 Å². The number of amides is 1. The molecule has 0 radical (unpaired) electrons. The molecule has 9 heteroatoms. The van der Waals surface area contributed by atoms with Crippen molar-refractivity contribution in [1.29, 1.82) is 0 Å². The van der Waals surface area contributed by atoms with Crippen molar-refractivity contribution in [1.82, 2.24) is 29.5 Å². The molecule has 0 aliphatic heterocycles. The Morgan fingerprint density at radius 2 is 1.87 bits per heavy atom. The van der Waals surface area contributed by atoms with Gasteiger partial charge in [-0.05, 0) is 23.8 Å². The smallest absolute Gasteiger partial charge is 0.275 e. The van der Waals surface area contributed by atoms with Crippen molar-refractivity contribution in [3.8, 4) is 16.3 Å². The molecule has 1 amide bonds. The van der Waals surface area contributed by atoms with Crippen LogP contribution in [-0.2, 0) is 6.54 Å². The van der Waals surface area contributed by atoms with Crippen LogP contribution in [-0.4, -0.2) is 35.4 Å². The maximum absolute atomic E-state index is 12.8. The predicted molar refractivity (Wildman–Crippen MR) is 118 cm³/mol. The first-order valence-corrected chi connectivity index (χ1v) is 10.4. The minimum Gasteiger partial charge on any atom is -0.320 e. The number of hydrogen-bond donors (Lipinski definition) is 1. The number of nitrogens with zero attached hydrogens (tertiary/aromatic N) is 6. The van der Waals surface area contributed by atoms with Gasteiger partial charge < -0.3 is 5.32 Å². The zero-order valence-corrected chi connectivity index (χ0v) is 17.1. The molecular formula is C22H17N7OS. The second-order valence-electron chi connectivity index (χ2n) is 6.75. The number of carbonyl (C=O) groups excluding carboxylic acids is 1. The number of hydrogen-bond acceptors (Lipinski definition) is 6. The van der Waals surface area contributed by atoms with E-state index in [1.165, 1.54) is 17.7 Å². The molecule has 0 saturated carbocycles. The highest BCUT2D eigenvalue weighted by atomic mass is 32.1. The molecular weight excluding hydrogens is 410 g/mol. The zero-order chi connectivity index (χ0) is 21.0. The van der Waals surface area contributed by atoms with Crippen molar-refractivity contribution in [2.24, 2.45) is 0 Å². The quantitative estimate of drug-likeness (QED) is 0.444. The molecule has 1 N–H and O–H groups in total. The largest absolute Gasteiger partial charge is 0.320 e. The summed E-state index contributed by atoms with van der Waals surface area (Å²) in [5.41, 5.74) is 3.84. The molecule has 3 heterocycles. The third kappa shape index (κ3) is 4.12. The van der Waals surface area contributed by atoms with Gasteiger partial charge in [-0.25, -0.2) is 19.3 Å². The Morgan fingerprint density at radius 3 is 2.71 bits per heavy atom. The van der Waals surface area contributed by atoms with Gasteiger partial charge >= 0.3 is 0 Å². The summed E-state index contributed by atoms with van der Waals surface area (Å²) in [6.07, 6.45) is 6.78. The van der Waals surface area contributed by atoms with Crippen molar-refractivity contribution in [2.45, 2.75) is 6.54 Å². The number of anilines is 1. The van der Waals surface area contributed by atoms with Gasteiger partial charge in [-0.2, -0.15) is 10.2 Å². The molecule has 3 aromatic heterocycles. The molecule has 0 atom stereocenters. The van der Waals surface area contributed by atoms with E-state index in [0.717, 1.165) is 27.5 Å². The fourth-order valence-electron chi connectivity index (χ4n) is 3.12. The van der Waals surface area contributed by atoms with Crippen LogP contribution in [0, 0.1) is 0 Å². The van der Waals surface area contributed by atoms with E-state index in [9.17, 15) is 4.79 Å². The van der Waals surface area contributed by atoms with Crippen LogP contribution in [0.3, 0.4) is 0 Å². The van der Waals surface area contributed by atoms with Crippen molar-refractivity contribution in [3.05, 3.63) is 96.3 Å². The molecule has 2 aromatic carbocycles. The van der Waals surface area contributed by atoms with E-state index in [-0.39, 0.29) is 5.91 Å². The Balaban J connectivity index is 1.33. The monoisotopic (exact) mass is 427 g/mol. The number of thiazole rings is 1. The molecule has 0 unspecified atom stereocenters. The molecule has 0 fully saturated rings. The Morgan fingerprint density at radius 1 is 1.03 bits per heavy atom. The summed E-state index contributed by atoms with van der Waals surface area (Å²) in [5.74, 6) is -0.260. The minimum atomic E-state index is -0.260. The van der Waals surface area contributed by atoms with E-state index >= 15 is 0 Å². The zero-order valence-electron chi connectivity index (χ0n) is 16.3. The lowest BCUT2D eigenvalue weighted by Crippen LogP contribution is -2.14. The van der Waals surface area contributed by atoms with Gasteiger partial charge in [-0.15, -0.1) is 11.3 Å². The van der Waals surface area contributed by atoms with E-state index in [2.05, 4.69) is 25.5 Å². The third-order valence-electron chi connectivity index (χ3n) is 4.65. The van der Waals surface area contributed by atoms with Crippen molar-refractivity contribution >= 4 is 22.9 Å². The van der Waals surface area contributed by atoms with Crippen LogP contribution in [0.4, 0.5) is 5.69 Å². The standard InChI is InChI=1S/C22H17N7OS/c30-21(26-19-9-5-4-6-16(19)11-28-15-23-14-25-28)20-13-31-22(27-20)17-10-24-29(12-17)18-7-2-1-3-8-18/h1-10,12-15H,11H2,(H,26,30). The summed E-state index contributed by atoms with van der Waals surface area (Å²) in [6.45, 7) is 0.511. The Hall–Kier alpha value is -4.11. The fourth-order valence-corrected chi connectivity index (χ4v) is 3.90. The summed E-state index contributed by atoms with van der Waals surface area (Å²) < 4.78 is 3.49. The van der Waals surface area contributed by atoms with E-state index < -0.39 is 0 Å². The highest BCUT2D eigenvalue weighted by Crippen LogP contribution is 2.25. The maximum Gasteiger partial charge on any atom is 0.275 e. The highest BCUT2D eigenvalue weighted by Gasteiger charge is 2.15. The molecule has 0 saturated heterocycles. The van der Waals surface area contributed by atoms with E-state index in [1.807, 2.05) is 60.8 Å². The predicted octanol–water partition coefficient (Wildman–Crippen LogP) is 3.89. The molecule has 0 spiro atoms. The van der Waals surface area contributed by atoms with Crippen molar-refractivity contribution in [2.75, 3.05) is 5.32 Å². The number of aromatic nitrogens is 6. The van der Waals surface area contributed by atoms with Gasteiger partial charge in [0, 0.05) is 22.8 Å². The van der Waals surface area contributed by atoms with Gasteiger partial charge in [0.1, 0.15) is 23.4 Å². The number of para-hydroxylation sites is 2. The van der Waals surface area contributed by atoms with Crippen LogP contribution in [0.2, 0.25) is 0 Å². The lowest BCUT2D eigenvalue weighted by molar-refractivity contribution is 0.102. The van der Waals surface area contributed by atoms with Gasteiger partial charge in [-0.3, -0.25) is 4.79 Å². The molecule has 0 bridgehead atoms. The maximum atomic E-state index is 12.8. The summed E-state index contributed by atoms with van der Waals surface area (Å²) in [4.78, 5) is 21.3. The lowest BCUT2D eigenvalue weighted by atomic mass is 10.1. The topological polar surface area (TPSA) is 90.5 Å². The average Bonchev–Trinajstić information content (AvgIpc) is 3.57. The fraction of sp³-hybridized carbons (Fsp3) is 0.0455.